The van der Waals surface area contributed by atoms with Crippen molar-refractivity contribution in [3.8, 4) is 67.5 Å². The monoisotopic (exact) mass is 823 g/mol. The summed E-state index contributed by atoms with van der Waals surface area (Å²) >= 11 is 0. The Labute approximate surface area is 370 Å². The smallest absolute Gasteiger partial charge is 0.164 e. The lowest BCUT2D eigenvalue weighted by molar-refractivity contribution is 0.769. The number of aromatic nitrogens is 3. The van der Waals surface area contributed by atoms with Crippen molar-refractivity contribution in [2.24, 2.45) is 0 Å². The number of hydrogen-bond acceptors (Lipinski definition) is 3. The van der Waals surface area contributed by atoms with Crippen LogP contribution in [-0.4, -0.2) is 23.0 Å². The first kappa shape index (κ1) is 38.4. The SMILES string of the molecule is C[Si](C)(C)c1ccc(-c2ccc3c(c2)C(c2ccccc2)(c2ccccc2)c2cc(-c4cccc(-c5nc(-c6ccccc6)nc(-c6ccc7ccccc7c6)n5)c4)ccc2-3)cc1. The van der Waals surface area contributed by atoms with Gasteiger partial charge in [-0.15, -0.1) is 0 Å². The Morgan fingerprint density at radius 2 is 0.746 bits per heavy atom. The highest BCUT2D eigenvalue weighted by molar-refractivity contribution is 6.88. The van der Waals surface area contributed by atoms with Crippen molar-refractivity contribution < 1.29 is 0 Å². The minimum absolute atomic E-state index is 0.553. The Bertz CT molecular complexity index is 3260. The van der Waals surface area contributed by atoms with E-state index in [2.05, 4.69) is 220 Å². The fraction of sp³-hybridized carbons (Fsp3) is 0.0678. The average Bonchev–Trinajstić information content (AvgIpc) is 3.64. The zero-order chi connectivity index (χ0) is 42.5. The van der Waals surface area contributed by atoms with Crippen molar-refractivity contribution in [3.05, 3.63) is 241 Å². The van der Waals surface area contributed by atoms with Crippen molar-refractivity contribution in [2.45, 2.75) is 25.1 Å². The number of benzene rings is 9. The second-order valence-electron chi connectivity index (χ2n) is 17.6. The van der Waals surface area contributed by atoms with Gasteiger partial charge in [0.25, 0.3) is 0 Å². The molecule has 0 bridgehead atoms. The van der Waals surface area contributed by atoms with Crippen molar-refractivity contribution in [1.82, 2.24) is 15.0 Å². The molecule has 1 heterocycles. The molecule has 0 atom stereocenters. The van der Waals surface area contributed by atoms with E-state index in [0.29, 0.717) is 17.5 Å². The van der Waals surface area contributed by atoms with Crippen molar-refractivity contribution in [2.75, 3.05) is 0 Å². The van der Waals surface area contributed by atoms with Crippen LogP contribution >= 0.6 is 0 Å². The van der Waals surface area contributed by atoms with Gasteiger partial charge in [0.1, 0.15) is 0 Å². The van der Waals surface area contributed by atoms with E-state index in [4.69, 9.17) is 15.0 Å². The number of fused-ring (bicyclic) bond motifs is 4. The first-order valence-corrected chi connectivity index (χ1v) is 25.3. The lowest BCUT2D eigenvalue weighted by Gasteiger charge is -2.34. The molecule has 0 unspecified atom stereocenters. The second kappa shape index (κ2) is 15.4. The van der Waals surface area contributed by atoms with Gasteiger partial charge >= 0.3 is 0 Å². The lowest BCUT2D eigenvalue weighted by Crippen LogP contribution is -2.37. The van der Waals surface area contributed by atoms with Crippen molar-refractivity contribution in [3.63, 3.8) is 0 Å². The number of hydrogen-bond donors (Lipinski definition) is 0. The van der Waals surface area contributed by atoms with Crippen LogP contribution in [0.5, 0.6) is 0 Å². The van der Waals surface area contributed by atoms with Crippen LogP contribution in [0.4, 0.5) is 0 Å². The molecule has 300 valence electrons. The van der Waals surface area contributed by atoms with E-state index in [9.17, 15) is 0 Å². The molecule has 0 fully saturated rings. The van der Waals surface area contributed by atoms with Gasteiger partial charge in [0, 0.05) is 16.7 Å². The molecule has 0 amide bonds. The first-order chi connectivity index (χ1) is 30.8. The van der Waals surface area contributed by atoms with Gasteiger partial charge in [-0.05, 0) is 90.7 Å². The van der Waals surface area contributed by atoms with Gasteiger partial charge in [-0.1, -0.05) is 219 Å². The molecule has 10 aromatic rings. The molecule has 0 saturated carbocycles. The molecule has 0 saturated heterocycles. The highest BCUT2D eigenvalue weighted by atomic mass is 28.3. The summed E-state index contributed by atoms with van der Waals surface area (Å²) < 4.78 is 0. The molecule has 63 heavy (non-hydrogen) atoms. The third-order valence-electron chi connectivity index (χ3n) is 12.8. The largest absolute Gasteiger partial charge is 0.208 e. The zero-order valence-corrected chi connectivity index (χ0v) is 36.6. The molecule has 0 N–H and O–H groups in total. The van der Waals surface area contributed by atoms with Crippen molar-refractivity contribution >= 4 is 24.0 Å². The molecule has 3 nitrogen and oxygen atoms in total. The molecule has 0 spiro atoms. The van der Waals surface area contributed by atoms with E-state index >= 15 is 0 Å². The highest BCUT2D eigenvalue weighted by Gasteiger charge is 2.46. The van der Waals surface area contributed by atoms with Crippen LogP contribution in [0.15, 0.2) is 218 Å². The summed E-state index contributed by atoms with van der Waals surface area (Å²) in [5, 5.41) is 3.80. The summed E-state index contributed by atoms with van der Waals surface area (Å²) in [6, 6.07) is 79.3. The number of rotatable bonds is 8. The third-order valence-corrected chi connectivity index (χ3v) is 14.8. The Morgan fingerprint density at radius 1 is 0.317 bits per heavy atom. The van der Waals surface area contributed by atoms with Gasteiger partial charge in [-0.3, -0.25) is 0 Å². The highest BCUT2D eigenvalue weighted by Crippen LogP contribution is 2.57. The maximum atomic E-state index is 5.16. The Kier molecular flexibility index (Phi) is 9.40. The van der Waals surface area contributed by atoms with Gasteiger partial charge in [0.15, 0.2) is 17.5 Å². The van der Waals surface area contributed by atoms with Crippen LogP contribution in [0, 0.1) is 0 Å². The average molecular weight is 824 g/mol. The summed E-state index contributed by atoms with van der Waals surface area (Å²) in [5.41, 5.74) is 14.5. The second-order valence-corrected chi connectivity index (χ2v) is 22.7. The molecule has 11 rings (SSSR count). The van der Waals surface area contributed by atoms with Crippen LogP contribution in [0.3, 0.4) is 0 Å². The van der Waals surface area contributed by atoms with Gasteiger partial charge < -0.3 is 0 Å². The van der Waals surface area contributed by atoms with E-state index in [0.717, 1.165) is 33.2 Å². The predicted octanol–water partition coefficient (Wildman–Crippen LogP) is 14.3. The minimum Gasteiger partial charge on any atom is -0.208 e. The molecule has 1 aromatic heterocycles. The Morgan fingerprint density at radius 3 is 1.33 bits per heavy atom. The van der Waals surface area contributed by atoms with Crippen LogP contribution in [0.2, 0.25) is 19.6 Å². The minimum atomic E-state index is -1.44. The summed E-state index contributed by atoms with van der Waals surface area (Å²) in [4.78, 5) is 15.3. The van der Waals surface area contributed by atoms with Gasteiger partial charge in [-0.2, -0.15) is 0 Å². The summed E-state index contributed by atoms with van der Waals surface area (Å²) in [7, 11) is -1.44. The lowest BCUT2D eigenvalue weighted by atomic mass is 9.67. The van der Waals surface area contributed by atoms with Gasteiger partial charge in [0.2, 0.25) is 0 Å². The molecule has 0 aliphatic heterocycles. The normalized spacial score (nSPS) is 12.8. The van der Waals surface area contributed by atoms with Gasteiger partial charge in [0.05, 0.1) is 13.5 Å². The van der Waals surface area contributed by atoms with Crippen LogP contribution in [0.1, 0.15) is 22.3 Å². The zero-order valence-electron chi connectivity index (χ0n) is 35.6. The van der Waals surface area contributed by atoms with E-state index in [1.165, 1.54) is 55.1 Å². The van der Waals surface area contributed by atoms with Crippen molar-refractivity contribution in [1.29, 1.82) is 0 Å². The van der Waals surface area contributed by atoms with Crippen LogP contribution in [-0.2, 0) is 5.41 Å². The molecular formula is C59H45N3Si. The number of nitrogens with zero attached hydrogens (tertiary/aromatic N) is 3. The summed E-state index contributed by atoms with van der Waals surface area (Å²) in [6.07, 6.45) is 0. The summed E-state index contributed by atoms with van der Waals surface area (Å²) in [5.74, 6) is 1.93. The van der Waals surface area contributed by atoms with Crippen LogP contribution < -0.4 is 5.19 Å². The molecule has 4 heteroatoms. The molecule has 1 aliphatic rings. The van der Waals surface area contributed by atoms with E-state index in [-0.39, 0.29) is 0 Å². The topological polar surface area (TPSA) is 38.7 Å². The standard InChI is InChI=1S/C59H45N3Si/c1-63(2,3)51-32-28-41(29-33-51)45-30-34-52-53-35-31-46(39-55(53)59(54(52)38-45,49-22-9-5-10-23-49)50-24-11-6-12-25-50)44-20-15-21-47(37-44)57-60-56(42-17-7-4-8-18-42)61-58(62-57)48-27-26-40-16-13-14-19-43(40)36-48/h4-39H,1-3H3. The molecule has 1 aliphatic carbocycles. The van der Waals surface area contributed by atoms with E-state index in [1.54, 1.807) is 0 Å². The maximum Gasteiger partial charge on any atom is 0.164 e. The predicted molar refractivity (Wildman–Crippen MR) is 265 cm³/mol. The third kappa shape index (κ3) is 6.80. The first-order valence-electron chi connectivity index (χ1n) is 21.8. The Balaban J connectivity index is 1.07. The van der Waals surface area contributed by atoms with E-state index in [1.807, 2.05) is 18.2 Å². The van der Waals surface area contributed by atoms with Gasteiger partial charge in [-0.25, -0.2) is 15.0 Å². The van der Waals surface area contributed by atoms with Crippen LogP contribution in [0.25, 0.3) is 78.3 Å². The fourth-order valence-corrected chi connectivity index (χ4v) is 10.7. The summed E-state index contributed by atoms with van der Waals surface area (Å²) in [6.45, 7) is 7.22. The fourth-order valence-electron chi connectivity index (χ4n) is 9.53. The van der Waals surface area contributed by atoms with E-state index < -0.39 is 13.5 Å². The maximum absolute atomic E-state index is 5.16. The Hall–Kier alpha value is -7.53. The molecule has 9 aromatic carbocycles. The molecular weight excluding hydrogens is 779 g/mol. The molecule has 0 radical (unpaired) electrons. The quantitative estimate of drug-likeness (QED) is 0.143.